The lowest BCUT2D eigenvalue weighted by atomic mass is 9.91. The zero-order chi connectivity index (χ0) is 23.7. The first kappa shape index (κ1) is 22.2. The van der Waals surface area contributed by atoms with E-state index in [0.29, 0.717) is 47.7 Å². The Morgan fingerprint density at radius 1 is 1.26 bits per heavy atom. The second-order valence-electron chi connectivity index (χ2n) is 8.35. The molecule has 1 aliphatic heterocycles. The lowest BCUT2D eigenvalue weighted by molar-refractivity contribution is -0.144. The van der Waals surface area contributed by atoms with E-state index in [-0.39, 0.29) is 11.6 Å². The number of aromatic amines is 1. The molecule has 2 unspecified atom stereocenters. The van der Waals surface area contributed by atoms with E-state index >= 15 is 0 Å². The van der Waals surface area contributed by atoms with Crippen molar-refractivity contribution in [2.75, 3.05) is 18.4 Å². The van der Waals surface area contributed by atoms with Crippen LogP contribution in [0.25, 0.3) is 22.4 Å². The van der Waals surface area contributed by atoms with E-state index in [1.54, 1.807) is 12.3 Å². The molecule has 4 heterocycles. The monoisotopic (exact) mass is 480 g/mol. The summed E-state index contributed by atoms with van der Waals surface area (Å²) in [7, 11) is 0. The van der Waals surface area contributed by atoms with Crippen molar-refractivity contribution in [3.8, 4) is 11.4 Å². The first-order valence-electron chi connectivity index (χ1n) is 10.9. The van der Waals surface area contributed by atoms with Gasteiger partial charge >= 0.3 is 5.97 Å². The second-order valence-corrected chi connectivity index (χ2v) is 8.78. The molecule has 4 aromatic rings. The van der Waals surface area contributed by atoms with E-state index in [1.807, 2.05) is 30.3 Å². The smallest absolute Gasteiger partial charge is 0.309 e. The molecular weight excluding hydrogens is 459 g/mol. The van der Waals surface area contributed by atoms with Crippen molar-refractivity contribution in [2.45, 2.75) is 19.0 Å². The molecule has 2 atom stereocenters. The van der Waals surface area contributed by atoms with Crippen molar-refractivity contribution in [1.82, 2.24) is 24.8 Å². The summed E-state index contributed by atoms with van der Waals surface area (Å²) in [5.41, 5.74) is 2.36. The van der Waals surface area contributed by atoms with Gasteiger partial charge in [-0.1, -0.05) is 41.9 Å². The maximum Gasteiger partial charge on any atom is 0.309 e. The number of hydrogen-bond acceptors (Lipinski definition) is 6. The van der Waals surface area contributed by atoms with Crippen LogP contribution in [0.2, 0.25) is 5.02 Å². The molecule has 8 nitrogen and oxygen atoms in total. The Hall–Kier alpha value is -3.56. The van der Waals surface area contributed by atoms with Crippen LogP contribution in [-0.4, -0.2) is 55.0 Å². The number of carbonyl (C=O) groups is 1. The molecular formula is C24H22ClFN6O2. The van der Waals surface area contributed by atoms with Crippen LogP contribution < -0.4 is 5.32 Å². The Labute approximate surface area is 199 Å². The summed E-state index contributed by atoms with van der Waals surface area (Å²) in [6.07, 6.45) is 4.84. The SMILES string of the molecule is O=C(O)C1CN(Cc2ccccc2)CCC1Nc1nc(-c2c[nH]c3ncc(Cl)cc23)ncc1F. The summed E-state index contributed by atoms with van der Waals surface area (Å²) in [6.45, 7) is 1.71. The first-order chi connectivity index (χ1) is 16.5. The summed E-state index contributed by atoms with van der Waals surface area (Å²) in [5, 5.41) is 14.1. The van der Waals surface area contributed by atoms with Gasteiger partial charge in [0.2, 0.25) is 0 Å². The van der Waals surface area contributed by atoms with Crippen molar-refractivity contribution in [3.05, 3.63) is 71.4 Å². The minimum absolute atomic E-state index is 0.0258. The van der Waals surface area contributed by atoms with Crippen LogP contribution in [0.5, 0.6) is 0 Å². The molecule has 0 radical (unpaired) electrons. The standard InChI is InChI=1S/C24H22ClFN6O2/c25-15-8-16-17(10-28-21(16)27-9-15)22-29-11-19(26)23(31-22)30-20-6-7-32(13-18(20)24(33)34)12-14-4-2-1-3-5-14/h1-5,8-11,18,20H,6-7,12-13H2,(H,27,28)(H,33,34)(H,29,30,31). The van der Waals surface area contributed by atoms with Crippen LogP contribution in [-0.2, 0) is 11.3 Å². The van der Waals surface area contributed by atoms with Crippen LogP contribution in [0, 0.1) is 11.7 Å². The van der Waals surface area contributed by atoms with Crippen LogP contribution in [0.1, 0.15) is 12.0 Å². The number of benzene rings is 1. The minimum atomic E-state index is -0.928. The molecule has 34 heavy (non-hydrogen) atoms. The minimum Gasteiger partial charge on any atom is -0.481 e. The number of carboxylic acids is 1. The summed E-state index contributed by atoms with van der Waals surface area (Å²) in [5.74, 6) is -2.03. The number of aromatic nitrogens is 4. The molecule has 0 saturated carbocycles. The van der Waals surface area contributed by atoms with Gasteiger partial charge in [0.05, 0.1) is 17.1 Å². The molecule has 3 N–H and O–H groups in total. The van der Waals surface area contributed by atoms with Crippen molar-refractivity contribution in [1.29, 1.82) is 0 Å². The fourth-order valence-electron chi connectivity index (χ4n) is 4.36. The van der Waals surface area contributed by atoms with Gasteiger partial charge in [-0.2, -0.15) is 0 Å². The van der Waals surface area contributed by atoms with Gasteiger partial charge < -0.3 is 15.4 Å². The maximum absolute atomic E-state index is 14.7. The molecule has 0 aliphatic carbocycles. The number of nitrogens with one attached hydrogen (secondary N) is 2. The largest absolute Gasteiger partial charge is 0.481 e. The number of aliphatic carboxylic acids is 1. The second kappa shape index (κ2) is 9.36. The van der Waals surface area contributed by atoms with Gasteiger partial charge in [0.1, 0.15) is 5.65 Å². The Kier molecular flexibility index (Phi) is 6.12. The Bertz CT molecular complexity index is 1330. The predicted octanol–water partition coefficient (Wildman–Crippen LogP) is 4.20. The number of rotatable bonds is 6. The number of hydrogen-bond donors (Lipinski definition) is 3. The third kappa shape index (κ3) is 4.57. The predicted molar refractivity (Wildman–Crippen MR) is 127 cm³/mol. The van der Waals surface area contributed by atoms with Crippen LogP contribution in [0.4, 0.5) is 10.2 Å². The van der Waals surface area contributed by atoms with Crippen LogP contribution >= 0.6 is 11.6 Å². The van der Waals surface area contributed by atoms with Crippen molar-refractivity contribution < 1.29 is 14.3 Å². The molecule has 174 valence electrons. The third-order valence-corrected chi connectivity index (χ3v) is 6.27. The van der Waals surface area contributed by atoms with Gasteiger partial charge in [0, 0.05) is 49.0 Å². The van der Waals surface area contributed by atoms with E-state index in [0.717, 1.165) is 11.8 Å². The molecule has 10 heteroatoms. The van der Waals surface area contributed by atoms with E-state index in [4.69, 9.17) is 11.6 Å². The third-order valence-electron chi connectivity index (χ3n) is 6.07. The van der Waals surface area contributed by atoms with Crippen molar-refractivity contribution in [2.24, 2.45) is 5.92 Å². The fraction of sp³-hybridized carbons (Fsp3) is 0.250. The molecule has 1 aromatic carbocycles. The lowest BCUT2D eigenvalue weighted by Crippen LogP contribution is -2.49. The highest BCUT2D eigenvalue weighted by Gasteiger charge is 2.35. The highest BCUT2D eigenvalue weighted by atomic mass is 35.5. The number of nitrogens with zero attached hydrogens (tertiary/aromatic N) is 4. The molecule has 1 saturated heterocycles. The average Bonchev–Trinajstić information content (AvgIpc) is 3.25. The van der Waals surface area contributed by atoms with E-state index in [2.05, 4.69) is 30.2 Å². The highest BCUT2D eigenvalue weighted by Crippen LogP contribution is 2.29. The van der Waals surface area contributed by atoms with Crippen molar-refractivity contribution in [3.63, 3.8) is 0 Å². The number of pyridine rings is 1. The summed E-state index contributed by atoms with van der Waals surface area (Å²) >= 11 is 6.08. The summed E-state index contributed by atoms with van der Waals surface area (Å²) in [4.78, 5) is 29.9. The van der Waals surface area contributed by atoms with E-state index < -0.39 is 23.7 Å². The number of anilines is 1. The van der Waals surface area contributed by atoms with E-state index in [9.17, 15) is 14.3 Å². The zero-order valence-electron chi connectivity index (χ0n) is 18.1. The fourth-order valence-corrected chi connectivity index (χ4v) is 4.52. The molecule has 1 aliphatic rings. The summed E-state index contributed by atoms with van der Waals surface area (Å²) < 4.78 is 14.7. The van der Waals surface area contributed by atoms with Gasteiger partial charge in [0.15, 0.2) is 17.5 Å². The number of fused-ring (bicyclic) bond motifs is 1. The lowest BCUT2D eigenvalue weighted by Gasteiger charge is -2.37. The number of likely N-dealkylation sites (tertiary alicyclic amines) is 1. The summed E-state index contributed by atoms with van der Waals surface area (Å²) in [6, 6.07) is 11.2. The first-order valence-corrected chi connectivity index (χ1v) is 11.3. The van der Waals surface area contributed by atoms with Gasteiger partial charge in [-0.15, -0.1) is 0 Å². The average molecular weight is 481 g/mol. The number of halogens is 2. The molecule has 1 fully saturated rings. The quantitative estimate of drug-likeness (QED) is 0.379. The zero-order valence-corrected chi connectivity index (χ0v) is 18.8. The molecule has 3 aromatic heterocycles. The van der Waals surface area contributed by atoms with Crippen LogP contribution in [0.15, 0.2) is 55.0 Å². The van der Waals surface area contributed by atoms with Crippen LogP contribution in [0.3, 0.4) is 0 Å². The number of piperidine rings is 1. The molecule has 0 amide bonds. The van der Waals surface area contributed by atoms with Gasteiger partial charge in [0.25, 0.3) is 0 Å². The number of carboxylic acid groups (broad SMARTS) is 1. The number of H-pyrrole nitrogens is 1. The highest BCUT2D eigenvalue weighted by molar-refractivity contribution is 6.31. The van der Waals surface area contributed by atoms with Gasteiger partial charge in [-0.05, 0) is 18.1 Å². The molecule has 0 bridgehead atoms. The van der Waals surface area contributed by atoms with Crippen molar-refractivity contribution >= 4 is 34.4 Å². The van der Waals surface area contributed by atoms with E-state index in [1.165, 1.54) is 6.20 Å². The molecule has 0 spiro atoms. The van der Waals surface area contributed by atoms with Gasteiger partial charge in [-0.25, -0.2) is 19.3 Å². The normalized spacial score (nSPS) is 18.8. The Morgan fingerprint density at radius 2 is 2.09 bits per heavy atom. The maximum atomic E-state index is 14.7. The van der Waals surface area contributed by atoms with Gasteiger partial charge in [-0.3, -0.25) is 9.69 Å². The Balaban J connectivity index is 1.37. The topological polar surface area (TPSA) is 107 Å². The Morgan fingerprint density at radius 3 is 2.88 bits per heavy atom. The molecule has 5 rings (SSSR count).